The van der Waals surface area contributed by atoms with Crippen molar-refractivity contribution in [1.82, 2.24) is 4.98 Å². The van der Waals surface area contributed by atoms with Crippen LogP contribution < -0.4 is 5.73 Å². The minimum Gasteiger partial charge on any atom is -0.383 e. The Bertz CT molecular complexity index is 540. The Hall–Kier alpha value is -1.68. The molecule has 0 aliphatic rings. The van der Waals surface area contributed by atoms with Gasteiger partial charge < -0.3 is 5.73 Å². The zero-order valence-corrected chi connectivity index (χ0v) is 9.94. The maximum absolute atomic E-state index is 10.8. The van der Waals surface area contributed by atoms with Crippen LogP contribution in [0.25, 0.3) is 11.1 Å². The second-order valence-corrected chi connectivity index (χ2v) is 4.15. The fourth-order valence-electron chi connectivity index (χ4n) is 1.43. The van der Waals surface area contributed by atoms with Crippen LogP contribution in [0.2, 0.25) is 0 Å². The van der Waals surface area contributed by atoms with E-state index in [1.165, 1.54) is 0 Å². The molecule has 0 aliphatic carbocycles. The first-order chi connectivity index (χ1) is 7.72. The normalized spacial score (nSPS) is 10.1. The third-order valence-electron chi connectivity index (χ3n) is 2.26. The van der Waals surface area contributed by atoms with E-state index in [-0.39, 0.29) is 5.82 Å². The van der Waals surface area contributed by atoms with Crippen LogP contribution in [0.15, 0.2) is 41.0 Å². The van der Waals surface area contributed by atoms with Gasteiger partial charge in [0.1, 0.15) is 5.82 Å². The summed E-state index contributed by atoms with van der Waals surface area (Å²) in [7, 11) is 0. The highest BCUT2D eigenvalue weighted by atomic mass is 79.9. The van der Waals surface area contributed by atoms with E-state index >= 15 is 0 Å². The lowest BCUT2D eigenvalue weighted by Gasteiger charge is -2.05. The van der Waals surface area contributed by atoms with Gasteiger partial charge in [-0.2, -0.15) is 0 Å². The zero-order chi connectivity index (χ0) is 11.5. The Labute approximate surface area is 101 Å². The fraction of sp³-hybridized carbons (Fsp3) is 0. The highest BCUT2D eigenvalue weighted by molar-refractivity contribution is 9.10. The Morgan fingerprint density at radius 3 is 2.75 bits per heavy atom. The van der Waals surface area contributed by atoms with E-state index in [0.717, 1.165) is 15.6 Å². The summed E-state index contributed by atoms with van der Waals surface area (Å²) in [5.74, 6) is 0.255. The van der Waals surface area contributed by atoms with Crippen molar-refractivity contribution in [3.8, 4) is 11.1 Å². The number of halogens is 1. The van der Waals surface area contributed by atoms with Gasteiger partial charge in [-0.25, -0.2) is 4.98 Å². The number of carbonyl (C=O) groups excluding carboxylic acids is 1. The van der Waals surface area contributed by atoms with Gasteiger partial charge in [0.05, 0.1) is 5.56 Å². The molecular formula is C12H9BrN2O. The minimum absolute atomic E-state index is 0.255. The molecule has 1 aromatic carbocycles. The molecule has 0 radical (unpaired) electrons. The second-order valence-electron chi connectivity index (χ2n) is 3.30. The maximum atomic E-state index is 10.8. The summed E-state index contributed by atoms with van der Waals surface area (Å²) in [5.41, 5.74) is 7.82. The van der Waals surface area contributed by atoms with Crippen LogP contribution in [0.4, 0.5) is 5.82 Å². The summed E-state index contributed by atoms with van der Waals surface area (Å²) in [6.45, 7) is 0. The van der Waals surface area contributed by atoms with Crippen molar-refractivity contribution >= 4 is 28.0 Å². The van der Waals surface area contributed by atoms with Crippen LogP contribution in [0, 0.1) is 0 Å². The summed E-state index contributed by atoms with van der Waals surface area (Å²) in [4.78, 5) is 14.8. The Kier molecular flexibility index (Phi) is 3.01. The Balaban J connectivity index is 2.57. The van der Waals surface area contributed by atoms with Gasteiger partial charge in [-0.05, 0) is 17.7 Å². The van der Waals surface area contributed by atoms with Gasteiger partial charge in [0.15, 0.2) is 6.29 Å². The number of aldehydes is 1. The number of hydrogen-bond donors (Lipinski definition) is 1. The summed E-state index contributed by atoms with van der Waals surface area (Å²) in [6, 6.07) is 9.48. The van der Waals surface area contributed by atoms with Gasteiger partial charge in [-0.3, -0.25) is 4.79 Å². The van der Waals surface area contributed by atoms with E-state index in [1.807, 2.05) is 24.3 Å². The van der Waals surface area contributed by atoms with E-state index in [9.17, 15) is 4.79 Å². The zero-order valence-electron chi connectivity index (χ0n) is 8.35. The highest BCUT2D eigenvalue weighted by Crippen LogP contribution is 2.28. The number of hydrogen-bond acceptors (Lipinski definition) is 3. The van der Waals surface area contributed by atoms with Crippen molar-refractivity contribution in [3.05, 3.63) is 46.6 Å². The van der Waals surface area contributed by atoms with Crippen LogP contribution in [0.5, 0.6) is 0 Å². The van der Waals surface area contributed by atoms with E-state index in [1.54, 1.807) is 12.3 Å². The number of aromatic nitrogens is 1. The van der Waals surface area contributed by atoms with Gasteiger partial charge in [-0.15, -0.1) is 0 Å². The van der Waals surface area contributed by atoms with Crippen LogP contribution in [0.1, 0.15) is 10.4 Å². The smallest absolute Gasteiger partial charge is 0.153 e. The lowest BCUT2D eigenvalue weighted by molar-refractivity contribution is 0.112. The van der Waals surface area contributed by atoms with Crippen LogP contribution in [-0.2, 0) is 0 Å². The summed E-state index contributed by atoms with van der Waals surface area (Å²) in [6.07, 6.45) is 2.37. The molecule has 0 saturated carbocycles. The molecule has 16 heavy (non-hydrogen) atoms. The number of benzene rings is 1. The molecule has 2 N–H and O–H groups in total. The lowest BCUT2D eigenvalue weighted by Crippen LogP contribution is -1.97. The number of rotatable bonds is 2. The number of nitrogens with two attached hydrogens (primary N) is 1. The highest BCUT2D eigenvalue weighted by Gasteiger charge is 2.06. The summed E-state index contributed by atoms with van der Waals surface area (Å²) in [5, 5.41) is 0. The van der Waals surface area contributed by atoms with Crippen LogP contribution in [-0.4, -0.2) is 11.3 Å². The van der Waals surface area contributed by atoms with Gasteiger partial charge in [0.25, 0.3) is 0 Å². The third-order valence-corrected chi connectivity index (χ3v) is 2.95. The predicted octanol–water partition coefficient (Wildman–Crippen LogP) is 2.91. The summed E-state index contributed by atoms with van der Waals surface area (Å²) < 4.78 is 0.957. The second kappa shape index (κ2) is 4.45. The molecule has 2 aromatic rings. The van der Waals surface area contributed by atoms with Crippen LogP contribution >= 0.6 is 15.9 Å². The van der Waals surface area contributed by atoms with Gasteiger partial charge in [-0.1, -0.05) is 34.1 Å². The van der Waals surface area contributed by atoms with E-state index in [0.29, 0.717) is 11.8 Å². The van der Waals surface area contributed by atoms with Crippen LogP contribution in [0.3, 0.4) is 0 Å². The van der Waals surface area contributed by atoms with E-state index in [4.69, 9.17) is 5.73 Å². The van der Waals surface area contributed by atoms with Crippen molar-refractivity contribution < 1.29 is 4.79 Å². The molecule has 0 saturated heterocycles. The molecule has 0 unspecified atom stereocenters. The number of nitrogen functional groups attached to an aromatic ring is 1. The predicted molar refractivity (Wildman–Crippen MR) is 67.2 cm³/mol. The number of anilines is 1. The first-order valence-corrected chi connectivity index (χ1v) is 5.47. The quantitative estimate of drug-likeness (QED) is 0.859. The van der Waals surface area contributed by atoms with E-state index in [2.05, 4.69) is 20.9 Å². The molecule has 0 bridgehead atoms. The number of carbonyl (C=O) groups is 1. The molecule has 1 aromatic heterocycles. The minimum atomic E-state index is 0.255. The first kappa shape index (κ1) is 10.8. The van der Waals surface area contributed by atoms with Gasteiger partial charge in [0.2, 0.25) is 0 Å². The fourth-order valence-corrected chi connectivity index (χ4v) is 1.94. The molecule has 4 heteroatoms. The standard InChI is InChI=1S/C12H9BrN2O/c13-11-4-2-1-3-10(11)8-5-9(7-16)12(14)15-6-8/h1-7H,(H2,14,15). The topological polar surface area (TPSA) is 56.0 Å². The molecule has 0 atom stereocenters. The molecule has 0 fully saturated rings. The molecule has 3 nitrogen and oxygen atoms in total. The molecule has 0 amide bonds. The van der Waals surface area contributed by atoms with Crippen molar-refractivity contribution in [3.63, 3.8) is 0 Å². The van der Waals surface area contributed by atoms with E-state index < -0.39 is 0 Å². The van der Waals surface area contributed by atoms with Crippen molar-refractivity contribution in [1.29, 1.82) is 0 Å². The Morgan fingerprint density at radius 1 is 1.31 bits per heavy atom. The molecule has 0 spiro atoms. The van der Waals surface area contributed by atoms with Crippen molar-refractivity contribution in [2.24, 2.45) is 0 Å². The first-order valence-electron chi connectivity index (χ1n) is 4.68. The van der Waals surface area contributed by atoms with Gasteiger partial charge >= 0.3 is 0 Å². The lowest BCUT2D eigenvalue weighted by atomic mass is 10.1. The molecule has 2 rings (SSSR count). The average molecular weight is 277 g/mol. The molecule has 1 heterocycles. The largest absolute Gasteiger partial charge is 0.383 e. The summed E-state index contributed by atoms with van der Waals surface area (Å²) >= 11 is 3.45. The molecule has 0 aliphatic heterocycles. The maximum Gasteiger partial charge on any atom is 0.153 e. The van der Waals surface area contributed by atoms with Crippen molar-refractivity contribution in [2.45, 2.75) is 0 Å². The Morgan fingerprint density at radius 2 is 2.06 bits per heavy atom. The number of pyridine rings is 1. The third kappa shape index (κ3) is 1.97. The molecule has 80 valence electrons. The van der Waals surface area contributed by atoms with Crippen molar-refractivity contribution in [2.75, 3.05) is 5.73 Å². The molecular weight excluding hydrogens is 268 g/mol. The number of nitrogens with zero attached hydrogens (tertiary/aromatic N) is 1. The monoisotopic (exact) mass is 276 g/mol. The van der Waals surface area contributed by atoms with Gasteiger partial charge in [0, 0.05) is 16.2 Å². The SMILES string of the molecule is Nc1ncc(-c2ccccc2Br)cc1C=O. The average Bonchev–Trinajstić information content (AvgIpc) is 2.31.